The van der Waals surface area contributed by atoms with Crippen LogP contribution in [0.2, 0.25) is 0 Å². The minimum absolute atomic E-state index is 0.189. The molecule has 0 aromatic rings. The van der Waals surface area contributed by atoms with Crippen LogP contribution in [0, 0.1) is 5.92 Å². The first kappa shape index (κ1) is 16.9. The number of hydrogen-bond donors (Lipinski definition) is 1. The molecule has 1 heterocycles. The van der Waals surface area contributed by atoms with Gasteiger partial charge in [0, 0.05) is 43.8 Å². The molecule has 1 atom stereocenters. The minimum Gasteiger partial charge on any atom is -0.329 e. The number of hydrogen-bond acceptors (Lipinski definition) is 3. The zero-order chi connectivity index (χ0) is 14.7. The highest BCUT2D eigenvalue weighted by Gasteiger charge is 2.34. The molecular weight excluding hydrogens is 234 g/mol. The lowest BCUT2D eigenvalue weighted by Gasteiger charge is -2.49. The first-order chi connectivity index (χ1) is 8.69. The van der Waals surface area contributed by atoms with Gasteiger partial charge in [-0.3, -0.25) is 9.80 Å². The Bertz CT molecular complexity index is 262. The quantitative estimate of drug-likeness (QED) is 0.832. The van der Waals surface area contributed by atoms with Crippen molar-refractivity contribution in [2.75, 3.05) is 32.7 Å². The average Bonchev–Trinajstić information content (AvgIpc) is 2.35. The van der Waals surface area contributed by atoms with Gasteiger partial charge in [-0.15, -0.1) is 0 Å². The van der Waals surface area contributed by atoms with Gasteiger partial charge in [-0.05, 0) is 46.5 Å². The fourth-order valence-electron chi connectivity index (χ4n) is 2.91. The third-order valence-electron chi connectivity index (χ3n) is 4.69. The first-order valence-electron chi connectivity index (χ1n) is 7.89. The highest BCUT2D eigenvalue weighted by molar-refractivity contribution is 4.92. The van der Waals surface area contributed by atoms with Gasteiger partial charge in [0.2, 0.25) is 0 Å². The molecule has 1 aliphatic rings. The molecule has 3 nitrogen and oxygen atoms in total. The van der Waals surface area contributed by atoms with E-state index < -0.39 is 0 Å². The summed E-state index contributed by atoms with van der Waals surface area (Å²) in [5.41, 5.74) is 6.57. The minimum atomic E-state index is 0.189. The SMILES string of the molecule is CC(C)CCC(C)(CN)N1CCN(C(C)(C)C)CC1. The lowest BCUT2D eigenvalue weighted by atomic mass is 9.89. The van der Waals surface area contributed by atoms with E-state index in [2.05, 4.69) is 51.3 Å². The molecule has 1 rings (SSSR count). The molecular formula is C16H35N3. The third-order valence-corrected chi connectivity index (χ3v) is 4.69. The van der Waals surface area contributed by atoms with Gasteiger partial charge in [0.15, 0.2) is 0 Å². The number of piperazine rings is 1. The van der Waals surface area contributed by atoms with Crippen molar-refractivity contribution >= 4 is 0 Å². The molecule has 0 radical (unpaired) electrons. The van der Waals surface area contributed by atoms with Crippen LogP contribution in [0.5, 0.6) is 0 Å². The van der Waals surface area contributed by atoms with Crippen LogP contribution >= 0.6 is 0 Å². The van der Waals surface area contributed by atoms with Gasteiger partial charge in [-0.2, -0.15) is 0 Å². The average molecular weight is 269 g/mol. The van der Waals surface area contributed by atoms with E-state index in [1.807, 2.05) is 0 Å². The second-order valence-electron chi connectivity index (χ2n) is 7.78. The lowest BCUT2D eigenvalue weighted by Crippen LogP contribution is -2.61. The number of nitrogens with zero attached hydrogens (tertiary/aromatic N) is 2. The zero-order valence-electron chi connectivity index (χ0n) is 14.0. The topological polar surface area (TPSA) is 32.5 Å². The summed E-state index contributed by atoms with van der Waals surface area (Å²) in [4.78, 5) is 5.21. The van der Waals surface area contributed by atoms with Crippen molar-refractivity contribution in [2.45, 2.75) is 65.5 Å². The largest absolute Gasteiger partial charge is 0.329 e. The van der Waals surface area contributed by atoms with Gasteiger partial charge < -0.3 is 5.73 Å². The van der Waals surface area contributed by atoms with E-state index in [9.17, 15) is 0 Å². The predicted molar refractivity (Wildman–Crippen MR) is 84.4 cm³/mol. The molecule has 1 saturated heterocycles. The van der Waals surface area contributed by atoms with Gasteiger partial charge in [0.25, 0.3) is 0 Å². The van der Waals surface area contributed by atoms with Gasteiger partial charge in [-0.1, -0.05) is 13.8 Å². The molecule has 0 aromatic heterocycles. The summed E-state index contributed by atoms with van der Waals surface area (Å²) in [6.07, 6.45) is 2.49. The molecule has 3 heteroatoms. The van der Waals surface area contributed by atoms with Crippen LogP contribution in [0.4, 0.5) is 0 Å². The van der Waals surface area contributed by atoms with Crippen molar-refractivity contribution in [1.82, 2.24) is 9.80 Å². The summed E-state index contributed by atoms with van der Waals surface area (Å²) in [5.74, 6) is 0.765. The Morgan fingerprint density at radius 3 is 1.79 bits per heavy atom. The number of nitrogens with two attached hydrogens (primary N) is 1. The van der Waals surface area contributed by atoms with Crippen LogP contribution in [-0.2, 0) is 0 Å². The summed E-state index contributed by atoms with van der Waals surface area (Å²) >= 11 is 0. The van der Waals surface area contributed by atoms with Crippen molar-refractivity contribution in [3.8, 4) is 0 Å². The van der Waals surface area contributed by atoms with E-state index in [-0.39, 0.29) is 5.54 Å². The van der Waals surface area contributed by atoms with Crippen molar-refractivity contribution in [1.29, 1.82) is 0 Å². The summed E-state index contributed by atoms with van der Waals surface area (Å²) < 4.78 is 0. The maximum atomic E-state index is 6.09. The summed E-state index contributed by atoms with van der Waals surface area (Å²) in [6, 6.07) is 0. The van der Waals surface area contributed by atoms with Crippen LogP contribution in [-0.4, -0.2) is 53.6 Å². The Morgan fingerprint density at radius 1 is 0.947 bits per heavy atom. The molecule has 0 amide bonds. The third kappa shape index (κ3) is 4.73. The van der Waals surface area contributed by atoms with Crippen LogP contribution in [0.1, 0.15) is 54.4 Å². The second kappa shape index (κ2) is 6.55. The van der Waals surface area contributed by atoms with Crippen LogP contribution in [0.25, 0.3) is 0 Å². The Morgan fingerprint density at radius 2 is 1.42 bits per heavy atom. The molecule has 114 valence electrons. The first-order valence-corrected chi connectivity index (χ1v) is 7.89. The van der Waals surface area contributed by atoms with Gasteiger partial charge >= 0.3 is 0 Å². The smallest absolute Gasteiger partial charge is 0.0304 e. The standard InChI is InChI=1S/C16H35N3/c1-14(2)7-8-16(6,13-17)19-11-9-18(10-12-19)15(3,4)5/h14H,7-13,17H2,1-6H3. The van der Waals surface area contributed by atoms with Crippen molar-refractivity contribution < 1.29 is 0 Å². The Balaban J connectivity index is 2.56. The highest BCUT2D eigenvalue weighted by Crippen LogP contribution is 2.26. The Hall–Kier alpha value is -0.120. The molecule has 19 heavy (non-hydrogen) atoms. The molecule has 0 spiro atoms. The fourth-order valence-corrected chi connectivity index (χ4v) is 2.91. The van der Waals surface area contributed by atoms with E-state index in [1.54, 1.807) is 0 Å². The van der Waals surface area contributed by atoms with E-state index >= 15 is 0 Å². The molecule has 0 bridgehead atoms. The molecule has 2 N–H and O–H groups in total. The molecule has 0 aliphatic carbocycles. The molecule has 1 fully saturated rings. The summed E-state index contributed by atoms with van der Waals surface area (Å²) in [7, 11) is 0. The lowest BCUT2D eigenvalue weighted by molar-refractivity contribution is 0.00582. The van der Waals surface area contributed by atoms with E-state index in [1.165, 1.54) is 25.9 Å². The maximum absolute atomic E-state index is 6.09. The van der Waals surface area contributed by atoms with Crippen molar-refractivity contribution in [2.24, 2.45) is 11.7 Å². The molecule has 0 saturated carbocycles. The van der Waals surface area contributed by atoms with E-state index in [0.29, 0.717) is 5.54 Å². The summed E-state index contributed by atoms with van der Waals surface area (Å²) in [6.45, 7) is 19.3. The monoisotopic (exact) mass is 269 g/mol. The van der Waals surface area contributed by atoms with E-state index in [4.69, 9.17) is 5.73 Å². The summed E-state index contributed by atoms with van der Waals surface area (Å²) in [5, 5.41) is 0. The molecule has 1 aliphatic heterocycles. The fraction of sp³-hybridized carbons (Fsp3) is 1.00. The van der Waals surface area contributed by atoms with Crippen LogP contribution in [0.3, 0.4) is 0 Å². The van der Waals surface area contributed by atoms with Crippen molar-refractivity contribution in [3.05, 3.63) is 0 Å². The normalized spacial score (nSPS) is 22.7. The second-order valence-corrected chi connectivity index (χ2v) is 7.78. The highest BCUT2D eigenvalue weighted by atomic mass is 15.3. The molecule has 0 aromatic carbocycles. The van der Waals surface area contributed by atoms with Crippen molar-refractivity contribution in [3.63, 3.8) is 0 Å². The Labute approximate surface area is 120 Å². The van der Waals surface area contributed by atoms with Crippen LogP contribution in [0.15, 0.2) is 0 Å². The zero-order valence-corrected chi connectivity index (χ0v) is 14.0. The van der Waals surface area contributed by atoms with Gasteiger partial charge in [0.05, 0.1) is 0 Å². The Kier molecular flexibility index (Phi) is 5.84. The van der Waals surface area contributed by atoms with E-state index in [0.717, 1.165) is 25.6 Å². The molecule has 1 unspecified atom stereocenters. The number of rotatable bonds is 5. The maximum Gasteiger partial charge on any atom is 0.0304 e. The van der Waals surface area contributed by atoms with Gasteiger partial charge in [0.1, 0.15) is 0 Å². The van der Waals surface area contributed by atoms with Crippen LogP contribution < -0.4 is 5.73 Å². The predicted octanol–water partition coefficient (Wildman–Crippen LogP) is 2.56. The van der Waals surface area contributed by atoms with Gasteiger partial charge in [-0.25, -0.2) is 0 Å².